The van der Waals surface area contributed by atoms with Gasteiger partial charge in [0.15, 0.2) is 0 Å². The minimum Gasteiger partial charge on any atom is -0.481 e. The summed E-state index contributed by atoms with van der Waals surface area (Å²) in [6, 6.07) is 3.79. The summed E-state index contributed by atoms with van der Waals surface area (Å²) in [7, 11) is 0. The summed E-state index contributed by atoms with van der Waals surface area (Å²) in [6.07, 6.45) is 1.62. The van der Waals surface area contributed by atoms with Crippen LogP contribution < -0.4 is 0 Å². The molecule has 0 aromatic heterocycles. The molecular weight excluding hydrogens is 297 g/mol. The molecule has 4 nitrogen and oxygen atoms in total. The number of carboxylic acid groups (broad SMARTS) is 1. The van der Waals surface area contributed by atoms with E-state index in [4.69, 9.17) is 11.6 Å². The molecule has 1 aliphatic rings. The van der Waals surface area contributed by atoms with Crippen molar-refractivity contribution in [2.75, 3.05) is 13.1 Å². The minimum atomic E-state index is -0.917. The average Bonchev–Trinajstić information content (AvgIpc) is 2.87. The molecule has 114 valence electrons. The Bertz CT molecular complexity index is 578. The largest absolute Gasteiger partial charge is 0.481 e. The van der Waals surface area contributed by atoms with E-state index in [-0.39, 0.29) is 17.1 Å². The molecule has 6 heteroatoms. The van der Waals surface area contributed by atoms with E-state index in [0.29, 0.717) is 19.4 Å². The van der Waals surface area contributed by atoms with Gasteiger partial charge in [-0.2, -0.15) is 0 Å². The number of hydrogen-bond acceptors (Lipinski definition) is 2. The maximum Gasteiger partial charge on any atom is 0.311 e. The molecule has 0 aliphatic carbocycles. The molecule has 0 bridgehead atoms. The van der Waals surface area contributed by atoms with Gasteiger partial charge in [-0.15, -0.1) is 0 Å². The zero-order valence-corrected chi connectivity index (χ0v) is 12.5. The highest BCUT2D eigenvalue weighted by Gasteiger charge is 2.45. The zero-order chi connectivity index (χ0) is 15.6. The van der Waals surface area contributed by atoms with Crippen LogP contribution in [-0.2, 0) is 4.79 Å². The number of benzene rings is 1. The Kier molecular flexibility index (Phi) is 4.52. The van der Waals surface area contributed by atoms with Gasteiger partial charge < -0.3 is 10.0 Å². The quantitative estimate of drug-likeness (QED) is 0.928. The van der Waals surface area contributed by atoms with Crippen LogP contribution in [0, 0.1) is 11.2 Å². The first kappa shape index (κ1) is 15.8. The lowest BCUT2D eigenvalue weighted by Gasteiger charge is -2.24. The first-order chi connectivity index (χ1) is 9.89. The SMILES string of the molecule is CCCC1(C(=O)O)CCN(C(=O)c2cc(Cl)ccc2F)C1. The van der Waals surface area contributed by atoms with Crippen molar-refractivity contribution in [3.8, 4) is 0 Å². The Morgan fingerprint density at radius 3 is 2.81 bits per heavy atom. The Morgan fingerprint density at radius 2 is 2.19 bits per heavy atom. The number of carboxylic acids is 1. The van der Waals surface area contributed by atoms with E-state index in [1.807, 2.05) is 6.92 Å². The van der Waals surface area contributed by atoms with Gasteiger partial charge in [0.05, 0.1) is 11.0 Å². The molecule has 1 aromatic rings. The summed E-state index contributed by atoms with van der Waals surface area (Å²) in [5.41, 5.74) is -1.03. The Hall–Kier alpha value is -1.62. The predicted molar refractivity (Wildman–Crippen MR) is 76.9 cm³/mol. The van der Waals surface area contributed by atoms with Crippen LogP contribution in [0.3, 0.4) is 0 Å². The van der Waals surface area contributed by atoms with E-state index in [1.54, 1.807) is 0 Å². The van der Waals surface area contributed by atoms with Crippen LogP contribution in [0.4, 0.5) is 4.39 Å². The number of amides is 1. The number of likely N-dealkylation sites (tertiary alicyclic amines) is 1. The van der Waals surface area contributed by atoms with Crippen molar-refractivity contribution >= 4 is 23.5 Å². The third-order valence-corrected chi connectivity index (χ3v) is 4.22. The summed E-state index contributed by atoms with van der Waals surface area (Å²) in [5, 5.41) is 9.71. The minimum absolute atomic E-state index is 0.111. The van der Waals surface area contributed by atoms with Gasteiger partial charge in [-0.3, -0.25) is 9.59 Å². The standard InChI is InChI=1S/C15H17ClFNO3/c1-2-5-15(14(20)21)6-7-18(9-15)13(19)11-8-10(16)3-4-12(11)17/h3-4,8H,2,5-7,9H2,1H3,(H,20,21). The van der Waals surface area contributed by atoms with Gasteiger partial charge in [-0.05, 0) is 31.0 Å². The lowest BCUT2D eigenvalue weighted by molar-refractivity contribution is -0.148. The zero-order valence-electron chi connectivity index (χ0n) is 11.7. The van der Waals surface area contributed by atoms with Crippen LogP contribution in [0.1, 0.15) is 36.5 Å². The predicted octanol–water partition coefficient (Wildman–Crippen LogP) is 3.20. The monoisotopic (exact) mass is 313 g/mol. The van der Waals surface area contributed by atoms with Crippen molar-refractivity contribution < 1.29 is 19.1 Å². The fraction of sp³-hybridized carbons (Fsp3) is 0.467. The van der Waals surface area contributed by atoms with Gasteiger partial charge in [-0.25, -0.2) is 4.39 Å². The Morgan fingerprint density at radius 1 is 1.48 bits per heavy atom. The van der Waals surface area contributed by atoms with E-state index >= 15 is 0 Å². The second-order valence-electron chi connectivity index (χ2n) is 5.44. The lowest BCUT2D eigenvalue weighted by Crippen LogP contribution is -2.37. The number of carbonyl (C=O) groups is 2. The molecule has 1 amide bonds. The lowest BCUT2D eigenvalue weighted by atomic mass is 9.83. The fourth-order valence-electron chi connectivity index (χ4n) is 2.84. The van der Waals surface area contributed by atoms with Crippen LogP contribution in [0.2, 0.25) is 5.02 Å². The molecule has 1 unspecified atom stereocenters. The Balaban J connectivity index is 2.22. The van der Waals surface area contributed by atoms with Gasteiger partial charge in [0.1, 0.15) is 5.82 Å². The van der Waals surface area contributed by atoms with Crippen LogP contribution in [0.25, 0.3) is 0 Å². The molecule has 1 aliphatic heterocycles. The maximum absolute atomic E-state index is 13.8. The highest BCUT2D eigenvalue weighted by Crippen LogP contribution is 2.36. The molecule has 1 heterocycles. The second kappa shape index (κ2) is 6.02. The maximum atomic E-state index is 13.8. The third-order valence-electron chi connectivity index (χ3n) is 3.98. The van der Waals surface area contributed by atoms with Crippen molar-refractivity contribution in [3.05, 3.63) is 34.6 Å². The smallest absolute Gasteiger partial charge is 0.311 e. The van der Waals surface area contributed by atoms with Crippen molar-refractivity contribution in [3.63, 3.8) is 0 Å². The summed E-state index contributed by atoms with van der Waals surface area (Å²) >= 11 is 5.79. The molecule has 1 atom stereocenters. The van der Waals surface area contributed by atoms with E-state index in [1.165, 1.54) is 17.0 Å². The molecular formula is C15H17ClFNO3. The number of halogens is 2. The number of rotatable bonds is 4. The molecule has 0 spiro atoms. The number of nitrogens with zero attached hydrogens (tertiary/aromatic N) is 1. The van der Waals surface area contributed by atoms with Crippen LogP contribution in [-0.4, -0.2) is 35.0 Å². The first-order valence-electron chi connectivity index (χ1n) is 6.87. The fourth-order valence-corrected chi connectivity index (χ4v) is 3.01. The molecule has 0 saturated carbocycles. The number of hydrogen-bond donors (Lipinski definition) is 1. The third kappa shape index (κ3) is 3.02. The van der Waals surface area contributed by atoms with Gasteiger partial charge in [0, 0.05) is 18.1 Å². The van der Waals surface area contributed by atoms with Crippen LogP contribution in [0.15, 0.2) is 18.2 Å². The molecule has 1 fully saturated rings. The molecule has 1 saturated heterocycles. The number of carbonyl (C=O) groups excluding carboxylic acids is 1. The van der Waals surface area contributed by atoms with Crippen LogP contribution >= 0.6 is 11.6 Å². The van der Waals surface area contributed by atoms with Crippen molar-refractivity contribution in [2.24, 2.45) is 5.41 Å². The molecule has 1 aromatic carbocycles. The Labute approximate surface area is 127 Å². The van der Waals surface area contributed by atoms with Gasteiger partial charge in [-0.1, -0.05) is 24.9 Å². The number of aliphatic carboxylic acids is 1. The van der Waals surface area contributed by atoms with Crippen LogP contribution in [0.5, 0.6) is 0 Å². The summed E-state index contributed by atoms with van der Waals surface area (Å²) in [5.74, 6) is -2.05. The molecule has 0 radical (unpaired) electrons. The first-order valence-corrected chi connectivity index (χ1v) is 7.25. The summed E-state index contributed by atoms with van der Waals surface area (Å²) in [4.78, 5) is 25.3. The van der Waals surface area contributed by atoms with E-state index < -0.39 is 23.1 Å². The highest BCUT2D eigenvalue weighted by atomic mass is 35.5. The van der Waals surface area contributed by atoms with Crippen molar-refractivity contribution in [1.29, 1.82) is 0 Å². The van der Waals surface area contributed by atoms with Crippen molar-refractivity contribution in [1.82, 2.24) is 4.90 Å². The molecule has 1 N–H and O–H groups in total. The average molecular weight is 314 g/mol. The van der Waals surface area contributed by atoms with E-state index in [9.17, 15) is 19.1 Å². The summed E-state index contributed by atoms with van der Waals surface area (Å²) < 4.78 is 13.8. The molecule has 21 heavy (non-hydrogen) atoms. The van der Waals surface area contributed by atoms with E-state index in [0.717, 1.165) is 12.5 Å². The highest BCUT2D eigenvalue weighted by molar-refractivity contribution is 6.31. The van der Waals surface area contributed by atoms with Crippen molar-refractivity contribution in [2.45, 2.75) is 26.2 Å². The normalized spacial score (nSPS) is 21.6. The topological polar surface area (TPSA) is 57.6 Å². The summed E-state index contributed by atoms with van der Waals surface area (Å²) in [6.45, 7) is 2.34. The second-order valence-corrected chi connectivity index (χ2v) is 5.87. The van der Waals surface area contributed by atoms with Gasteiger partial charge in [0.25, 0.3) is 5.91 Å². The van der Waals surface area contributed by atoms with Gasteiger partial charge >= 0.3 is 5.97 Å². The molecule has 2 rings (SSSR count). The van der Waals surface area contributed by atoms with E-state index in [2.05, 4.69) is 0 Å². The van der Waals surface area contributed by atoms with Gasteiger partial charge in [0.2, 0.25) is 0 Å².